The van der Waals surface area contributed by atoms with Gasteiger partial charge in [-0.15, -0.1) is 0 Å². The number of carboxylic acid groups (broad SMARTS) is 1. The van der Waals surface area contributed by atoms with Gasteiger partial charge in [0.2, 0.25) is 17.7 Å². The molecule has 0 aliphatic carbocycles. The maximum Gasteiger partial charge on any atom is 0.326 e. The normalized spacial score (nSPS) is 18.6. The molecule has 0 saturated carbocycles. The van der Waals surface area contributed by atoms with Gasteiger partial charge in [0, 0.05) is 6.54 Å². The molecule has 1 fully saturated rings. The average Bonchev–Trinajstić information content (AvgIpc) is 3.25. The predicted octanol–water partition coefficient (Wildman–Crippen LogP) is -0.727. The van der Waals surface area contributed by atoms with Gasteiger partial charge in [-0.25, -0.2) is 4.79 Å². The summed E-state index contributed by atoms with van der Waals surface area (Å²) in [5.74, 6) is -2.69. The fourth-order valence-corrected chi connectivity index (χ4v) is 3.93. The van der Waals surface area contributed by atoms with E-state index in [1.54, 1.807) is 13.8 Å². The van der Waals surface area contributed by atoms with E-state index < -0.39 is 42.0 Å². The van der Waals surface area contributed by atoms with Crippen molar-refractivity contribution in [3.05, 3.63) is 0 Å². The maximum atomic E-state index is 13.4. The van der Waals surface area contributed by atoms with E-state index in [4.69, 9.17) is 17.2 Å². The average molecular weight is 471 g/mol. The van der Waals surface area contributed by atoms with Crippen LogP contribution in [0, 0.1) is 5.92 Å². The summed E-state index contributed by atoms with van der Waals surface area (Å²) in [5, 5.41) is 14.7. The summed E-state index contributed by atoms with van der Waals surface area (Å²) in [6, 6.07) is -3.38. The van der Waals surface area contributed by atoms with Crippen molar-refractivity contribution in [3.8, 4) is 0 Å². The van der Waals surface area contributed by atoms with Crippen molar-refractivity contribution in [2.24, 2.45) is 23.1 Å². The first-order chi connectivity index (χ1) is 15.6. The minimum absolute atomic E-state index is 0.305. The first kappa shape index (κ1) is 28.8. The van der Waals surface area contributed by atoms with Crippen molar-refractivity contribution in [3.63, 3.8) is 0 Å². The van der Waals surface area contributed by atoms with Crippen molar-refractivity contribution in [2.75, 3.05) is 19.6 Å². The lowest BCUT2D eigenvalue weighted by molar-refractivity contribution is -0.145. The summed E-state index contributed by atoms with van der Waals surface area (Å²) in [4.78, 5) is 51.7. The number of amides is 3. The Balaban J connectivity index is 2.90. The van der Waals surface area contributed by atoms with E-state index >= 15 is 0 Å². The summed E-state index contributed by atoms with van der Waals surface area (Å²) >= 11 is 0. The number of nitrogens with zero attached hydrogens (tertiary/aromatic N) is 1. The van der Waals surface area contributed by atoms with Gasteiger partial charge >= 0.3 is 5.97 Å². The number of nitrogens with one attached hydrogen (secondary N) is 2. The van der Waals surface area contributed by atoms with Crippen LogP contribution in [0.1, 0.15) is 65.2 Å². The molecule has 0 aromatic heterocycles. The SMILES string of the molecule is CC(C)[C@H](NC(=O)[C@@H]1CCCN1C(=O)[C@H](CCCCN)NC(=O)[C@@H](N)CCCCN)C(=O)O. The maximum absolute atomic E-state index is 13.4. The van der Waals surface area contributed by atoms with E-state index in [0.717, 1.165) is 6.42 Å². The molecule has 1 saturated heterocycles. The highest BCUT2D eigenvalue weighted by Crippen LogP contribution is 2.21. The third kappa shape index (κ3) is 9.26. The number of likely N-dealkylation sites (tertiary alicyclic amines) is 1. The quantitative estimate of drug-likeness (QED) is 0.169. The molecule has 0 radical (unpaired) electrons. The first-order valence-corrected chi connectivity index (χ1v) is 11.9. The summed E-state index contributed by atoms with van der Waals surface area (Å²) in [5.41, 5.74) is 17.0. The monoisotopic (exact) mass is 470 g/mol. The molecule has 190 valence electrons. The zero-order valence-electron chi connectivity index (χ0n) is 19.9. The van der Waals surface area contributed by atoms with Crippen LogP contribution < -0.4 is 27.8 Å². The Morgan fingerprint density at radius 2 is 1.61 bits per heavy atom. The summed E-state index contributed by atoms with van der Waals surface area (Å²) in [6.45, 7) is 4.76. The van der Waals surface area contributed by atoms with E-state index in [2.05, 4.69) is 10.6 Å². The molecular formula is C22H42N6O5. The standard InChI is InChI=1S/C22H42N6O5/c1-14(2)18(22(32)33)27-20(30)17-10-7-13-28(17)21(31)16(9-4-6-12-24)26-19(29)15(25)8-3-5-11-23/h14-18H,3-13,23-25H2,1-2H3,(H,26,29)(H,27,30)(H,32,33)/t15-,16-,17-,18-/m0/s1. The van der Waals surface area contributed by atoms with E-state index in [0.29, 0.717) is 64.6 Å². The first-order valence-electron chi connectivity index (χ1n) is 11.9. The fourth-order valence-electron chi connectivity index (χ4n) is 3.93. The van der Waals surface area contributed by atoms with Crippen LogP contribution in [-0.2, 0) is 19.2 Å². The third-order valence-electron chi connectivity index (χ3n) is 5.94. The number of aliphatic carboxylic acids is 1. The molecule has 9 N–H and O–H groups in total. The lowest BCUT2D eigenvalue weighted by atomic mass is 10.0. The van der Waals surface area contributed by atoms with Gasteiger partial charge in [0.15, 0.2) is 0 Å². The molecule has 3 amide bonds. The number of carbonyl (C=O) groups excluding carboxylic acids is 3. The van der Waals surface area contributed by atoms with Crippen molar-refractivity contribution in [1.82, 2.24) is 15.5 Å². The van der Waals surface area contributed by atoms with Gasteiger partial charge in [-0.3, -0.25) is 14.4 Å². The van der Waals surface area contributed by atoms with E-state index in [-0.39, 0.29) is 11.8 Å². The summed E-state index contributed by atoms with van der Waals surface area (Å²) < 4.78 is 0. The van der Waals surface area contributed by atoms with Gasteiger partial charge in [0.05, 0.1) is 6.04 Å². The van der Waals surface area contributed by atoms with Crippen LogP contribution in [0.4, 0.5) is 0 Å². The predicted molar refractivity (Wildman–Crippen MR) is 125 cm³/mol. The van der Waals surface area contributed by atoms with Crippen LogP contribution >= 0.6 is 0 Å². The highest BCUT2D eigenvalue weighted by Gasteiger charge is 2.39. The Hall–Kier alpha value is -2.24. The van der Waals surface area contributed by atoms with Crippen molar-refractivity contribution in [1.29, 1.82) is 0 Å². The van der Waals surface area contributed by atoms with Crippen molar-refractivity contribution in [2.45, 2.75) is 89.4 Å². The Labute approximate surface area is 196 Å². The molecule has 0 bridgehead atoms. The van der Waals surface area contributed by atoms with Crippen molar-refractivity contribution >= 4 is 23.7 Å². The summed E-state index contributed by atoms with van der Waals surface area (Å²) in [6.07, 6.45) is 4.70. The summed E-state index contributed by atoms with van der Waals surface area (Å²) in [7, 11) is 0. The minimum Gasteiger partial charge on any atom is -0.480 e. The number of hydrogen-bond acceptors (Lipinski definition) is 7. The number of unbranched alkanes of at least 4 members (excludes halogenated alkanes) is 2. The molecule has 11 heteroatoms. The van der Waals surface area contributed by atoms with Crippen LogP contribution in [0.2, 0.25) is 0 Å². The van der Waals surface area contributed by atoms with Crippen molar-refractivity contribution < 1.29 is 24.3 Å². The largest absolute Gasteiger partial charge is 0.480 e. The zero-order chi connectivity index (χ0) is 25.0. The number of rotatable bonds is 15. The third-order valence-corrected chi connectivity index (χ3v) is 5.94. The van der Waals surface area contributed by atoms with Crippen LogP contribution in [0.15, 0.2) is 0 Å². The lowest BCUT2D eigenvalue weighted by Gasteiger charge is -2.30. The molecule has 1 aliphatic rings. The Bertz CT molecular complexity index is 659. The number of nitrogens with two attached hydrogens (primary N) is 3. The molecule has 11 nitrogen and oxygen atoms in total. The zero-order valence-corrected chi connectivity index (χ0v) is 19.9. The van der Waals surface area contributed by atoms with E-state index in [1.807, 2.05) is 0 Å². The smallest absolute Gasteiger partial charge is 0.326 e. The van der Waals surface area contributed by atoms with Gasteiger partial charge in [-0.2, -0.15) is 0 Å². The minimum atomic E-state index is -1.12. The van der Waals surface area contributed by atoms with E-state index in [9.17, 15) is 24.3 Å². The van der Waals surface area contributed by atoms with Crippen LogP contribution in [0.25, 0.3) is 0 Å². The second-order valence-electron chi connectivity index (χ2n) is 8.99. The highest BCUT2D eigenvalue weighted by molar-refractivity contribution is 5.94. The molecule has 0 aromatic carbocycles. The van der Waals surface area contributed by atoms with E-state index in [1.165, 1.54) is 4.90 Å². The highest BCUT2D eigenvalue weighted by atomic mass is 16.4. The molecule has 1 aliphatic heterocycles. The van der Waals surface area contributed by atoms with Gasteiger partial charge in [0.1, 0.15) is 18.1 Å². The van der Waals surface area contributed by atoms with Gasteiger partial charge < -0.3 is 37.8 Å². The number of carbonyl (C=O) groups is 4. The molecule has 33 heavy (non-hydrogen) atoms. The second kappa shape index (κ2) is 14.8. The number of carboxylic acids is 1. The molecule has 0 aromatic rings. The Morgan fingerprint density at radius 3 is 2.15 bits per heavy atom. The van der Waals surface area contributed by atoms with Crippen LogP contribution in [-0.4, -0.2) is 77.5 Å². The molecule has 1 rings (SSSR count). The van der Waals surface area contributed by atoms with Crippen LogP contribution in [0.5, 0.6) is 0 Å². The lowest BCUT2D eigenvalue weighted by Crippen LogP contribution is -2.57. The van der Waals surface area contributed by atoms with Crippen LogP contribution in [0.3, 0.4) is 0 Å². The molecule has 1 heterocycles. The number of hydrogen-bond donors (Lipinski definition) is 6. The second-order valence-corrected chi connectivity index (χ2v) is 8.99. The Morgan fingerprint density at radius 1 is 1.00 bits per heavy atom. The Kier molecular flexibility index (Phi) is 12.9. The van der Waals surface area contributed by atoms with Gasteiger partial charge in [-0.05, 0) is 64.0 Å². The van der Waals surface area contributed by atoms with Gasteiger partial charge in [-0.1, -0.05) is 20.3 Å². The molecule has 0 unspecified atom stereocenters. The molecular weight excluding hydrogens is 428 g/mol. The molecule has 4 atom stereocenters. The fraction of sp³-hybridized carbons (Fsp3) is 0.818. The molecule has 0 spiro atoms. The topological polar surface area (TPSA) is 194 Å². The van der Waals surface area contributed by atoms with Gasteiger partial charge in [0.25, 0.3) is 0 Å².